The quantitative estimate of drug-likeness (QED) is 0.569. The molecule has 0 bridgehead atoms. The minimum Gasteiger partial charge on any atom is -0.380 e. The molecule has 1 saturated heterocycles. The van der Waals surface area contributed by atoms with E-state index in [0.29, 0.717) is 5.92 Å². The topological polar surface area (TPSA) is 9.23 Å². The standard InChI is InChI=1S/C9H10O/c1-2-4-8(5-3-1)9-6-10-7-9/h1-5,9H,6-7H2. The van der Waals surface area contributed by atoms with Gasteiger partial charge in [-0.2, -0.15) is 0 Å². The Kier molecular flexibility index (Phi) is 1.44. The Morgan fingerprint density at radius 2 is 1.80 bits per heavy atom. The molecule has 1 heteroatoms. The van der Waals surface area contributed by atoms with E-state index in [1.165, 1.54) is 5.56 Å². The van der Waals surface area contributed by atoms with Gasteiger partial charge in [0.05, 0.1) is 13.2 Å². The zero-order valence-electron chi connectivity index (χ0n) is 5.79. The second kappa shape index (κ2) is 2.43. The van der Waals surface area contributed by atoms with Crippen LogP contribution in [0.25, 0.3) is 0 Å². The Labute approximate surface area is 60.6 Å². The Morgan fingerprint density at radius 3 is 2.30 bits per heavy atom. The van der Waals surface area contributed by atoms with Gasteiger partial charge in [0.1, 0.15) is 0 Å². The van der Waals surface area contributed by atoms with Gasteiger partial charge in [-0.1, -0.05) is 30.3 Å². The van der Waals surface area contributed by atoms with Crippen LogP contribution in [0.5, 0.6) is 0 Å². The van der Waals surface area contributed by atoms with Crippen LogP contribution in [0.2, 0.25) is 0 Å². The van der Waals surface area contributed by atoms with Crippen LogP contribution in [0, 0.1) is 0 Å². The molecule has 0 radical (unpaired) electrons. The zero-order chi connectivity index (χ0) is 6.81. The van der Waals surface area contributed by atoms with Gasteiger partial charge < -0.3 is 4.74 Å². The Bertz CT molecular complexity index is 201. The van der Waals surface area contributed by atoms with Gasteiger partial charge in [0, 0.05) is 5.92 Å². The summed E-state index contributed by atoms with van der Waals surface area (Å²) >= 11 is 0. The van der Waals surface area contributed by atoms with Gasteiger partial charge in [-0.05, 0) is 5.56 Å². The van der Waals surface area contributed by atoms with Crippen molar-refractivity contribution in [1.82, 2.24) is 0 Å². The van der Waals surface area contributed by atoms with Crippen LogP contribution >= 0.6 is 0 Å². The first kappa shape index (κ1) is 5.93. The van der Waals surface area contributed by atoms with Gasteiger partial charge in [-0.3, -0.25) is 0 Å². The van der Waals surface area contributed by atoms with Crippen LogP contribution in [0.3, 0.4) is 0 Å². The van der Waals surface area contributed by atoms with Crippen molar-refractivity contribution in [2.45, 2.75) is 5.92 Å². The van der Waals surface area contributed by atoms with Crippen LogP contribution in [-0.2, 0) is 4.74 Å². The van der Waals surface area contributed by atoms with Crippen LogP contribution in [0.4, 0.5) is 0 Å². The molecule has 1 nitrogen and oxygen atoms in total. The predicted molar refractivity (Wildman–Crippen MR) is 40.0 cm³/mol. The number of ether oxygens (including phenoxy) is 1. The normalized spacial score (nSPS) is 18.4. The Morgan fingerprint density at radius 1 is 1.10 bits per heavy atom. The van der Waals surface area contributed by atoms with E-state index in [1.807, 2.05) is 6.07 Å². The summed E-state index contributed by atoms with van der Waals surface area (Å²) in [5.74, 6) is 0.668. The van der Waals surface area contributed by atoms with Gasteiger partial charge in [0.15, 0.2) is 0 Å². The monoisotopic (exact) mass is 134 g/mol. The van der Waals surface area contributed by atoms with E-state index in [-0.39, 0.29) is 0 Å². The third-order valence-electron chi connectivity index (χ3n) is 1.91. The molecule has 2 rings (SSSR count). The van der Waals surface area contributed by atoms with Crippen molar-refractivity contribution < 1.29 is 4.74 Å². The van der Waals surface area contributed by atoms with Gasteiger partial charge in [0.2, 0.25) is 0 Å². The molecule has 0 amide bonds. The minimum atomic E-state index is 0.668. The largest absolute Gasteiger partial charge is 0.380 e. The summed E-state index contributed by atoms with van der Waals surface area (Å²) < 4.78 is 5.09. The van der Waals surface area contributed by atoms with E-state index in [9.17, 15) is 0 Å². The fraction of sp³-hybridized carbons (Fsp3) is 0.333. The van der Waals surface area contributed by atoms with Crippen LogP contribution in [0.15, 0.2) is 30.3 Å². The van der Waals surface area contributed by atoms with E-state index in [4.69, 9.17) is 4.74 Å². The van der Waals surface area contributed by atoms with E-state index >= 15 is 0 Å². The minimum absolute atomic E-state index is 0.668. The van der Waals surface area contributed by atoms with E-state index in [2.05, 4.69) is 24.3 Å². The highest BCUT2D eigenvalue weighted by Gasteiger charge is 2.19. The fourth-order valence-electron chi connectivity index (χ4n) is 1.15. The summed E-state index contributed by atoms with van der Waals surface area (Å²) in [4.78, 5) is 0. The summed E-state index contributed by atoms with van der Waals surface area (Å²) in [5, 5.41) is 0. The van der Waals surface area contributed by atoms with Crippen molar-refractivity contribution >= 4 is 0 Å². The van der Waals surface area contributed by atoms with E-state index in [0.717, 1.165) is 13.2 Å². The molecule has 1 fully saturated rings. The van der Waals surface area contributed by atoms with Gasteiger partial charge in [0.25, 0.3) is 0 Å². The lowest BCUT2D eigenvalue weighted by atomic mass is 9.98. The zero-order valence-corrected chi connectivity index (χ0v) is 5.79. The average Bonchev–Trinajstić information content (AvgIpc) is 1.86. The molecule has 0 aromatic heterocycles. The predicted octanol–water partition coefficient (Wildman–Crippen LogP) is 1.80. The van der Waals surface area contributed by atoms with Crippen molar-refractivity contribution in [3.63, 3.8) is 0 Å². The molecular formula is C9H10O. The first-order valence-electron chi connectivity index (χ1n) is 3.59. The van der Waals surface area contributed by atoms with Crippen molar-refractivity contribution in [3.05, 3.63) is 35.9 Å². The first-order valence-corrected chi connectivity index (χ1v) is 3.59. The molecule has 1 aliphatic heterocycles. The highest BCUT2D eigenvalue weighted by Crippen LogP contribution is 2.22. The molecule has 1 heterocycles. The second-order valence-electron chi connectivity index (χ2n) is 2.65. The molecule has 0 spiro atoms. The molecule has 0 saturated carbocycles. The van der Waals surface area contributed by atoms with Crippen molar-refractivity contribution in [3.8, 4) is 0 Å². The maximum Gasteiger partial charge on any atom is 0.0557 e. The fourth-order valence-corrected chi connectivity index (χ4v) is 1.15. The third-order valence-corrected chi connectivity index (χ3v) is 1.91. The molecule has 1 aromatic rings. The molecule has 0 N–H and O–H groups in total. The smallest absolute Gasteiger partial charge is 0.0557 e. The highest BCUT2D eigenvalue weighted by molar-refractivity contribution is 5.20. The second-order valence-corrected chi connectivity index (χ2v) is 2.65. The van der Waals surface area contributed by atoms with Gasteiger partial charge in [-0.25, -0.2) is 0 Å². The lowest BCUT2D eigenvalue weighted by molar-refractivity contribution is 0.00842. The molecule has 1 aromatic carbocycles. The third kappa shape index (κ3) is 0.929. The van der Waals surface area contributed by atoms with Gasteiger partial charge >= 0.3 is 0 Å². The first-order chi connectivity index (χ1) is 4.97. The van der Waals surface area contributed by atoms with E-state index in [1.54, 1.807) is 0 Å². The molecule has 0 unspecified atom stereocenters. The molecule has 0 atom stereocenters. The molecular weight excluding hydrogens is 124 g/mol. The lowest BCUT2D eigenvalue weighted by Gasteiger charge is -2.26. The van der Waals surface area contributed by atoms with Crippen molar-refractivity contribution in [1.29, 1.82) is 0 Å². The summed E-state index contributed by atoms with van der Waals surface area (Å²) in [6, 6.07) is 10.5. The average molecular weight is 134 g/mol. The van der Waals surface area contributed by atoms with Crippen molar-refractivity contribution in [2.75, 3.05) is 13.2 Å². The summed E-state index contributed by atoms with van der Waals surface area (Å²) in [5.41, 5.74) is 1.41. The number of hydrogen-bond donors (Lipinski definition) is 0. The van der Waals surface area contributed by atoms with Crippen LogP contribution in [-0.4, -0.2) is 13.2 Å². The SMILES string of the molecule is c1ccc(C2COC2)cc1. The number of benzene rings is 1. The van der Waals surface area contributed by atoms with Crippen LogP contribution in [0.1, 0.15) is 11.5 Å². The lowest BCUT2D eigenvalue weighted by Crippen LogP contribution is -2.24. The molecule has 0 aliphatic carbocycles. The number of rotatable bonds is 1. The molecule has 10 heavy (non-hydrogen) atoms. The maximum atomic E-state index is 5.09. The summed E-state index contributed by atoms with van der Waals surface area (Å²) in [7, 11) is 0. The maximum absolute atomic E-state index is 5.09. The Hall–Kier alpha value is -0.820. The van der Waals surface area contributed by atoms with Crippen LogP contribution < -0.4 is 0 Å². The summed E-state index contributed by atoms with van der Waals surface area (Å²) in [6.45, 7) is 1.81. The van der Waals surface area contributed by atoms with E-state index < -0.39 is 0 Å². The summed E-state index contributed by atoms with van der Waals surface area (Å²) in [6.07, 6.45) is 0. The number of hydrogen-bond acceptors (Lipinski definition) is 1. The van der Waals surface area contributed by atoms with Gasteiger partial charge in [-0.15, -0.1) is 0 Å². The molecule has 52 valence electrons. The highest BCUT2D eigenvalue weighted by atomic mass is 16.5. The Balaban J connectivity index is 2.18. The molecule has 1 aliphatic rings. The van der Waals surface area contributed by atoms with Crippen molar-refractivity contribution in [2.24, 2.45) is 0 Å².